The third kappa shape index (κ3) is 5.03. The standard InChI is InChI=1S/C26H25N3O4/c1-33-19-13-11-18(12-14-19)25(30)29-28-24(17-7-3-2-4-8-17)15-21(26(31)32)22-16-27-23-10-6-5-9-20(22)23/h2-14,16,20-21,23,27H,15H2,1H3,(H,29,30)(H,31,32). The van der Waals surface area contributed by atoms with Gasteiger partial charge >= 0.3 is 5.97 Å². The van der Waals surface area contributed by atoms with Crippen molar-refractivity contribution in [1.82, 2.24) is 10.7 Å². The van der Waals surface area contributed by atoms with E-state index in [4.69, 9.17) is 4.74 Å². The lowest BCUT2D eigenvalue weighted by Crippen LogP contribution is -2.29. The second kappa shape index (κ2) is 9.99. The number of benzene rings is 2. The largest absolute Gasteiger partial charge is 0.497 e. The van der Waals surface area contributed by atoms with Gasteiger partial charge in [-0.25, -0.2) is 5.43 Å². The third-order valence-corrected chi connectivity index (χ3v) is 5.81. The average molecular weight is 444 g/mol. The highest BCUT2D eigenvalue weighted by molar-refractivity contribution is 6.04. The minimum absolute atomic E-state index is 0.0259. The molecule has 2 aromatic carbocycles. The lowest BCUT2D eigenvalue weighted by atomic mass is 9.81. The molecule has 7 heteroatoms. The molecule has 2 aromatic rings. The van der Waals surface area contributed by atoms with Crippen LogP contribution in [-0.2, 0) is 4.79 Å². The van der Waals surface area contributed by atoms with Crippen molar-refractivity contribution in [2.45, 2.75) is 12.5 Å². The normalized spacial score (nSPS) is 19.8. The monoisotopic (exact) mass is 443 g/mol. The Morgan fingerprint density at radius 3 is 2.48 bits per heavy atom. The van der Waals surface area contributed by atoms with E-state index in [1.807, 2.05) is 54.6 Å². The van der Waals surface area contributed by atoms with Crippen LogP contribution in [0.3, 0.4) is 0 Å². The zero-order valence-electron chi connectivity index (χ0n) is 18.1. The summed E-state index contributed by atoms with van der Waals surface area (Å²) in [6.07, 6.45) is 9.85. The molecule has 2 aliphatic rings. The van der Waals surface area contributed by atoms with Crippen LogP contribution in [0.5, 0.6) is 5.75 Å². The summed E-state index contributed by atoms with van der Waals surface area (Å²) in [4.78, 5) is 24.9. The van der Waals surface area contributed by atoms with Gasteiger partial charge in [0.1, 0.15) is 5.75 Å². The van der Waals surface area contributed by atoms with Gasteiger partial charge in [-0.15, -0.1) is 0 Å². The van der Waals surface area contributed by atoms with E-state index >= 15 is 0 Å². The van der Waals surface area contributed by atoms with E-state index in [2.05, 4.69) is 15.8 Å². The molecule has 3 N–H and O–H groups in total. The third-order valence-electron chi connectivity index (χ3n) is 5.81. The number of nitrogens with one attached hydrogen (secondary N) is 2. The molecule has 1 aliphatic heterocycles. The zero-order chi connectivity index (χ0) is 23.2. The number of aliphatic carboxylic acids is 1. The molecule has 0 fully saturated rings. The molecule has 1 heterocycles. The van der Waals surface area contributed by atoms with Gasteiger partial charge < -0.3 is 15.2 Å². The maximum atomic E-state index is 12.6. The summed E-state index contributed by atoms with van der Waals surface area (Å²) in [6.45, 7) is 0. The molecule has 7 nitrogen and oxygen atoms in total. The fraction of sp³-hybridized carbons (Fsp3) is 0.192. The Hall–Kier alpha value is -4.13. The van der Waals surface area contributed by atoms with Crippen molar-refractivity contribution in [3.63, 3.8) is 0 Å². The van der Waals surface area contributed by atoms with Crippen LogP contribution in [0, 0.1) is 11.8 Å². The maximum absolute atomic E-state index is 12.6. The molecule has 3 atom stereocenters. The topological polar surface area (TPSA) is 100 Å². The summed E-state index contributed by atoms with van der Waals surface area (Å²) >= 11 is 0. The zero-order valence-corrected chi connectivity index (χ0v) is 18.1. The highest BCUT2D eigenvalue weighted by atomic mass is 16.5. The van der Waals surface area contributed by atoms with Crippen LogP contribution >= 0.6 is 0 Å². The van der Waals surface area contributed by atoms with Gasteiger partial charge in [0.05, 0.1) is 24.8 Å². The number of methoxy groups -OCH3 is 1. The van der Waals surface area contributed by atoms with Gasteiger partial charge in [0.25, 0.3) is 5.91 Å². The van der Waals surface area contributed by atoms with E-state index in [0.717, 1.165) is 11.1 Å². The lowest BCUT2D eigenvalue weighted by Gasteiger charge is -2.23. The number of carbonyl (C=O) groups excluding carboxylic acids is 1. The SMILES string of the molecule is COc1ccc(C(=O)NN=C(CC(C(=O)O)C2=CNC3C=CC=CC23)c2ccccc2)cc1. The van der Waals surface area contributed by atoms with Crippen LogP contribution in [0.4, 0.5) is 0 Å². The first-order valence-electron chi connectivity index (χ1n) is 10.7. The Morgan fingerprint density at radius 1 is 1.06 bits per heavy atom. The summed E-state index contributed by atoms with van der Waals surface area (Å²) in [5.74, 6) is -1.49. The Balaban J connectivity index is 1.58. The fourth-order valence-corrected chi connectivity index (χ4v) is 4.03. The lowest BCUT2D eigenvalue weighted by molar-refractivity contribution is -0.140. The number of carboxylic acids is 1. The number of carboxylic acid groups (broad SMARTS) is 1. The number of hydrogen-bond donors (Lipinski definition) is 3. The van der Waals surface area contributed by atoms with Gasteiger partial charge in [-0.05, 0) is 41.6 Å². The van der Waals surface area contributed by atoms with E-state index in [0.29, 0.717) is 17.0 Å². The van der Waals surface area contributed by atoms with Gasteiger partial charge in [0, 0.05) is 17.9 Å². The highest BCUT2D eigenvalue weighted by Gasteiger charge is 2.36. The van der Waals surface area contributed by atoms with Crippen molar-refractivity contribution in [2.75, 3.05) is 7.11 Å². The number of fused-ring (bicyclic) bond motifs is 1. The predicted octanol–water partition coefficient (Wildman–Crippen LogP) is 3.52. The van der Waals surface area contributed by atoms with Gasteiger partial charge in [-0.2, -0.15) is 5.10 Å². The molecule has 33 heavy (non-hydrogen) atoms. The van der Waals surface area contributed by atoms with Gasteiger partial charge in [0.2, 0.25) is 0 Å². The summed E-state index contributed by atoms with van der Waals surface area (Å²) in [5, 5.41) is 17.7. The van der Waals surface area contributed by atoms with Gasteiger partial charge in [-0.1, -0.05) is 54.6 Å². The van der Waals surface area contributed by atoms with Crippen LogP contribution in [-0.4, -0.2) is 35.8 Å². The van der Waals surface area contributed by atoms with Crippen LogP contribution in [0.25, 0.3) is 0 Å². The molecule has 0 saturated carbocycles. The van der Waals surface area contributed by atoms with Gasteiger partial charge in [0.15, 0.2) is 0 Å². The minimum atomic E-state index is -0.934. The molecule has 1 amide bonds. The maximum Gasteiger partial charge on any atom is 0.311 e. The Labute approximate surface area is 192 Å². The molecule has 168 valence electrons. The first kappa shape index (κ1) is 22.1. The number of hydrogen-bond acceptors (Lipinski definition) is 5. The molecule has 1 aliphatic carbocycles. The predicted molar refractivity (Wildman–Crippen MR) is 126 cm³/mol. The quantitative estimate of drug-likeness (QED) is 0.428. The summed E-state index contributed by atoms with van der Waals surface area (Å²) in [6, 6.07) is 16.0. The molecule has 0 spiro atoms. The van der Waals surface area contributed by atoms with Crippen LogP contribution in [0.1, 0.15) is 22.3 Å². The molecule has 0 radical (unpaired) electrons. The number of hydrazone groups is 1. The molecule has 0 bridgehead atoms. The molecular formula is C26H25N3O4. The van der Waals surface area contributed by atoms with Crippen molar-refractivity contribution in [3.8, 4) is 5.75 Å². The van der Waals surface area contributed by atoms with E-state index < -0.39 is 11.9 Å². The fourth-order valence-electron chi connectivity index (χ4n) is 4.03. The smallest absolute Gasteiger partial charge is 0.311 e. The second-order valence-electron chi connectivity index (χ2n) is 7.82. The Kier molecular flexibility index (Phi) is 6.69. The number of carbonyl (C=O) groups is 2. The second-order valence-corrected chi connectivity index (χ2v) is 7.82. The summed E-state index contributed by atoms with van der Waals surface area (Å²) in [7, 11) is 1.56. The molecule has 3 unspecified atom stereocenters. The number of nitrogens with zero attached hydrogens (tertiary/aromatic N) is 1. The number of ether oxygens (including phenoxy) is 1. The Morgan fingerprint density at radius 2 is 1.79 bits per heavy atom. The van der Waals surface area contributed by atoms with Crippen molar-refractivity contribution >= 4 is 17.6 Å². The van der Waals surface area contributed by atoms with Crippen molar-refractivity contribution in [1.29, 1.82) is 0 Å². The van der Waals surface area contributed by atoms with Crippen LogP contribution in [0.2, 0.25) is 0 Å². The van der Waals surface area contributed by atoms with Crippen LogP contribution in [0.15, 0.2) is 95.8 Å². The highest BCUT2D eigenvalue weighted by Crippen LogP contribution is 2.34. The average Bonchev–Trinajstić information content (AvgIpc) is 3.28. The van der Waals surface area contributed by atoms with Crippen molar-refractivity contribution < 1.29 is 19.4 Å². The first-order valence-corrected chi connectivity index (χ1v) is 10.7. The molecule has 0 aromatic heterocycles. The summed E-state index contributed by atoms with van der Waals surface area (Å²) < 4.78 is 5.12. The number of allylic oxidation sites excluding steroid dienone is 2. The summed E-state index contributed by atoms with van der Waals surface area (Å²) in [5.41, 5.74) is 5.04. The molecule has 4 rings (SSSR count). The van der Waals surface area contributed by atoms with Crippen molar-refractivity contribution in [2.24, 2.45) is 16.9 Å². The van der Waals surface area contributed by atoms with E-state index in [-0.39, 0.29) is 24.3 Å². The molecule has 0 saturated heterocycles. The number of amides is 1. The van der Waals surface area contributed by atoms with E-state index in [1.165, 1.54) is 0 Å². The minimum Gasteiger partial charge on any atom is -0.497 e. The first-order chi connectivity index (χ1) is 16.1. The van der Waals surface area contributed by atoms with Gasteiger partial charge in [-0.3, -0.25) is 9.59 Å². The Bertz CT molecular complexity index is 1130. The van der Waals surface area contributed by atoms with Crippen LogP contribution < -0.4 is 15.5 Å². The van der Waals surface area contributed by atoms with E-state index in [9.17, 15) is 14.7 Å². The number of rotatable bonds is 8. The van der Waals surface area contributed by atoms with Crippen molar-refractivity contribution in [3.05, 3.63) is 102 Å². The molecular weight excluding hydrogens is 418 g/mol. The van der Waals surface area contributed by atoms with E-state index in [1.54, 1.807) is 37.6 Å².